The van der Waals surface area contributed by atoms with Crippen molar-refractivity contribution < 1.29 is 9.95 Å². The molecule has 84 valence electrons. The summed E-state index contributed by atoms with van der Waals surface area (Å²) in [6.45, 7) is 0. The van der Waals surface area contributed by atoms with E-state index in [2.05, 4.69) is 5.10 Å². The highest BCUT2D eigenvalue weighted by molar-refractivity contribution is 5.70. The zero-order valence-electron chi connectivity index (χ0n) is 8.82. The van der Waals surface area contributed by atoms with Crippen LogP contribution in [0.25, 0.3) is 16.7 Å². The number of hydrogen-bond donors (Lipinski definition) is 1. The van der Waals surface area contributed by atoms with Crippen LogP contribution in [-0.2, 0) is 0 Å². The summed E-state index contributed by atoms with van der Waals surface area (Å²) in [6, 6.07) is 13.4. The molecule has 0 spiro atoms. The molecule has 1 heterocycles. The Labute approximate surface area is 96.7 Å². The van der Waals surface area contributed by atoms with Crippen molar-refractivity contribution >= 4 is 11.0 Å². The van der Waals surface area contributed by atoms with Crippen LogP contribution in [0.1, 0.15) is 0 Å². The smallest absolute Gasteiger partial charge is 0.250 e. The fourth-order valence-corrected chi connectivity index (χ4v) is 1.70. The largest absolute Gasteiger partial charge is 0.692 e. The molecule has 3 rings (SSSR count). The molecule has 0 atom stereocenters. The summed E-state index contributed by atoms with van der Waals surface area (Å²) in [5.41, 5.74) is 1.75. The minimum Gasteiger partial charge on any atom is -0.692 e. The third kappa shape index (κ3) is 1.48. The Morgan fingerprint density at radius 2 is 1.76 bits per heavy atom. The Kier molecular flexibility index (Phi) is 1.98. The minimum atomic E-state index is 0.155. The van der Waals surface area contributed by atoms with Gasteiger partial charge in [-0.1, -0.05) is 12.1 Å². The van der Waals surface area contributed by atoms with Gasteiger partial charge < -0.3 is 10.3 Å². The van der Waals surface area contributed by atoms with Crippen LogP contribution in [0.3, 0.4) is 0 Å². The number of phenolic OH excluding ortho intramolecular Hbond substituents is 1. The van der Waals surface area contributed by atoms with Crippen molar-refractivity contribution in [2.24, 2.45) is 0 Å². The van der Waals surface area contributed by atoms with Crippen molar-refractivity contribution in [3.05, 3.63) is 53.7 Å². The Morgan fingerprint density at radius 3 is 2.47 bits per heavy atom. The van der Waals surface area contributed by atoms with Gasteiger partial charge in [0.05, 0.1) is 5.10 Å². The summed E-state index contributed by atoms with van der Waals surface area (Å²) in [6.07, 6.45) is 0. The molecule has 0 aliphatic heterocycles. The van der Waals surface area contributed by atoms with Gasteiger partial charge in [0.1, 0.15) is 11.4 Å². The van der Waals surface area contributed by atoms with E-state index in [9.17, 15) is 10.3 Å². The average Bonchev–Trinajstić information content (AvgIpc) is 2.69. The van der Waals surface area contributed by atoms with Crippen molar-refractivity contribution in [3.63, 3.8) is 0 Å². The molecule has 5 nitrogen and oxygen atoms in total. The molecule has 0 fully saturated rings. The molecule has 2 aromatic carbocycles. The van der Waals surface area contributed by atoms with E-state index in [1.807, 2.05) is 6.07 Å². The maximum absolute atomic E-state index is 12.0. The molecule has 3 aromatic rings. The first-order valence-electron chi connectivity index (χ1n) is 5.13. The Morgan fingerprint density at radius 1 is 1.06 bits per heavy atom. The first kappa shape index (κ1) is 9.65. The second kappa shape index (κ2) is 3.48. The molecule has 0 unspecified atom stereocenters. The number of hydrogen-bond acceptors (Lipinski definition) is 3. The highest BCUT2D eigenvalue weighted by Gasteiger charge is 2.14. The fourth-order valence-electron chi connectivity index (χ4n) is 1.70. The number of fused-ring (bicyclic) bond motifs is 1. The minimum absolute atomic E-state index is 0.155. The summed E-state index contributed by atoms with van der Waals surface area (Å²) >= 11 is 0. The first-order chi connectivity index (χ1) is 8.25. The SMILES string of the molecule is [O-][n+]1c2ccccc2nn1-c1ccc(O)cc1. The van der Waals surface area contributed by atoms with E-state index in [0.29, 0.717) is 16.7 Å². The first-order valence-corrected chi connectivity index (χ1v) is 5.13. The van der Waals surface area contributed by atoms with Gasteiger partial charge in [-0.25, -0.2) is 0 Å². The van der Waals surface area contributed by atoms with Gasteiger partial charge in [-0.05, 0) is 41.2 Å². The van der Waals surface area contributed by atoms with Gasteiger partial charge in [-0.15, -0.1) is 4.85 Å². The molecule has 0 bridgehead atoms. The second-order valence-corrected chi connectivity index (χ2v) is 3.67. The quantitative estimate of drug-likeness (QED) is 0.504. The molecule has 1 N–H and O–H groups in total. The van der Waals surface area contributed by atoms with Gasteiger partial charge in [-0.2, -0.15) is 0 Å². The molecule has 0 amide bonds. The lowest BCUT2D eigenvalue weighted by atomic mass is 10.3. The summed E-state index contributed by atoms with van der Waals surface area (Å²) in [4.78, 5) is 1.98. The van der Waals surface area contributed by atoms with Crippen LogP contribution in [0.4, 0.5) is 0 Å². The predicted molar refractivity (Wildman–Crippen MR) is 61.7 cm³/mol. The number of phenols is 1. The average molecular weight is 227 g/mol. The third-order valence-electron chi connectivity index (χ3n) is 2.54. The summed E-state index contributed by atoms with van der Waals surface area (Å²) in [7, 11) is 0. The molecule has 0 aliphatic rings. The number of para-hydroxylation sites is 1. The molecule has 0 radical (unpaired) electrons. The lowest BCUT2D eigenvalue weighted by Crippen LogP contribution is -2.37. The van der Waals surface area contributed by atoms with E-state index in [-0.39, 0.29) is 5.75 Å². The summed E-state index contributed by atoms with van der Waals surface area (Å²) in [5, 5.41) is 25.4. The van der Waals surface area contributed by atoms with Crippen LogP contribution < -0.4 is 4.85 Å². The van der Waals surface area contributed by atoms with E-state index in [0.717, 1.165) is 4.85 Å². The predicted octanol–water partition coefficient (Wildman–Crippen LogP) is 1.36. The van der Waals surface area contributed by atoms with Crippen molar-refractivity contribution in [1.82, 2.24) is 9.90 Å². The van der Waals surface area contributed by atoms with Crippen LogP contribution in [0.5, 0.6) is 5.75 Å². The Hall–Kier alpha value is -2.56. The number of aromatic hydroxyl groups is 1. The van der Waals surface area contributed by atoms with Gasteiger partial charge in [0.15, 0.2) is 0 Å². The number of aromatic nitrogens is 3. The third-order valence-corrected chi connectivity index (χ3v) is 2.54. The lowest BCUT2D eigenvalue weighted by molar-refractivity contribution is -0.664. The highest BCUT2D eigenvalue weighted by Crippen LogP contribution is 2.13. The molecule has 1 aromatic heterocycles. The second-order valence-electron chi connectivity index (χ2n) is 3.67. The number of nitrogens with zero attached hydrogens (tertiary/aromatic N) is 3. The van der Waals surface area contributed by atoms with Crippen LogP contribution in [0.2, 0.25) is 0 Å². The Balaban J connectivity index is 2.24. The van der Waals surface area contributed by atoms with E-state index in [4.69, 9.17) is 0 Å². The maximum atomic E-state index is 12.0. The van der Waals surface area contributed by atoms with E-state index in [1.165, 1.54) is 16.9 Å². The van der Waals surface area contributed by atoms with E-state index >= 15 is 0 Å². The normalized spacial score (nSPS) is 10.8. The van der Waals surface area contributed by atoms with Gasteiger partial charge in [-0.3, -0.25) is 0 Å². The molecule has 0 saturated carbocycles. The molecule has 0 saturated heterocycles. The van der Waals surface area contributed by atoms with Gasteiger partial charge in [0.25, 0.3) is 0 Å². The van der Waals surface area contributed by atoms with E-state index in [1.54, 1.807) is 30.3 Å². The van der Waals surface area contributed by atoms with Crippen molar-refractivity contribution in [2.75, 3.05) is 0 Å². The maximum Gasteiger partial charge on any atom is 0.250 e. The lowest BCUT2D eigenvalue weighted by Gasteiger charge is -2.03. The number of benzene rings is 2. The van der Waals surface area contributed by atoms with Gasteiger partial charge >= 0.3 is 0 Å². The Bertz CT molecular complexity index is 674. The zero-order valence-corrected chi connectivity index (χ0v) is 8.82. The highest BCUT2D eigenvalue weighted by atomic mass is 16.5. The standard InChI is InChI=1S/C12H9N3O2/c16-10-7-5-9(6-8-10)14-13-11-3-1-2-4-12(11)15(14)17/h1-8,16H. The summed E-state index contributed by atoms with van der Waals surface area (Å²) in [5.74, 6) is 0.155. The van der Waals surface area contributed by atoms with Crippen LogP contribution in [-0.4, -0.2) is 15.0 Å². The van der Waals surface area contributed by atoms with Crippen molar-refractivity contribution in [2.45, 2.75) is 0 Å². The summed E-state index contributed by atoms with van der Waals surface area (Å²) < 4.78 is 0. The zero-order chi connectivity index (χ0) is 11.8. The fraction of sp³-hybridized carbons (Fsp3) is 0. The van der Waals surface area contributed by atoms with Crippen molar-refractivity contribution in [1.29, 1.82) is 0 Å². The van der Waals surface area contributed by atoms with Gasteiger partial charge in [0.2, 0.25) is 11.0 Å². The topological polar surface area (TPSA) is 65.0 Å². The molecular weight excluding hydrogens is 218 g/mol. The van der Waals surface area contributed by atoms with Crippen LogP contribution >= 0.6 is 0 Å². The van der Waals surface area contributed by atoms with Crippen LogP contribution in [0.15, 0.2) is 48.5 Å². The number of rotatable bonds is 1. The molecular formula is C12H9N3O2. The molecule has 5 heteroatoms. The molecule has 0 aliphatic carbocycles. The van der Waals surface area contributed by atoms with Crippen molar-refractivity contribution in [3.8, 4) is 11.4 Å². The van der Waals surface area contributed by atoms with Gasteiger partial charge in [0, 0.05) is 0 Å². The van der Waals surface area contributed by atoms with E-state index < -0.39 is 0 Å². The van der Waals surface area contributed by atoms with Crippen LogP contribution in [0, 0.1) is 5.21 Å². The molecule has 17 heavy (non-hydrogen) atoms. The monoisotopic (exact) mass is 227 g/mol.